The minimum atomic E-state index is -0.191. The van der Waals surface area contributed by atoms with Crippen molar-refractivity contribution in [3.63, 3.8) is 0 Å². The van der Waals surface area contributed by atoms with Crippen LogP contribution < -0.4 is 4.90 Å². The zero-order valence-corrected chi connectivity index (χ0v) is 17.5. The number of amidine groups is 1. The molecule has 3 aromatic rings. The topological polar surface area (TPSA) is 32.7 Å². The Hall–Kier alpha value is -2.88. The summed E-state index contributed by atoms with van der Waals surface area (Å²) in [4.78, 5) is 19.7. The maximum absolute atomic E-state index is 13.4. The third-order valence-corrected chi connectivity index (χ3v) is 5.29. The summed E-state index contributed by atoms with van der Waals surface area (Å²) in [6.07, 6.45) is 1.79. The summed E-state index contributed by atoms with van der Waals surface area (Å²) >= 11 is 12.5. The third kappa shape index (κ3) is 3.84. The molecular weight excluding hydrogens is 403 g/mol. The molecule has 144 valence electrons. The zero-order chi connectivity index (χ0) is 20.5. The number of halogens is 2. The lowest BCUT2D eigenvalue weighted by atomic mass is 10.1. The summed E-state index contributed by atoms with van der Waals surface area (Å²) in [6.45, 7) is 3.97. The van der Waals surface area contributed by atoms with Crippen molar-refractivity contribution < 1.29 is 4.79 Å². The van der Waals surface area contributed by atoms with Crippen molar-refractivity contribution in [2.45, 2.75) is 13.8 Å². The lowest BCUT2D eigenvalue weighted by Crippen LogP contribution is -2.33. The number of aliphatic imine (C=N–C) groups is 1. The molecule has 0 saturated heterocycles. The second-order valence-corrected chi connectivity index (χ2v) is 7.77. The number of amides is 1. The van der Waals surface area contributed by atoms with Gasteiger partial charge in [-0.1, -0.05) is 65.7 Å². The van der Waals surface area contributed by atoms with Gasteiger partial charge in [0.15, 0.2) is 0 Å². The van der Waals surface area contributed by atoms with Crippen LogP contribution in [0.1, 0.15) is 22.3 Å². The van der Waals surface area contributed by atoms with Crippen LogP contribution in [0.4, 0.5) is 5.69 Å². The number of nitrogens with zero attached hydrogens (tertiary/aromatic N) is 2. The van der Waals surface area contributed by atoms with Gasteiger partial charge < -0.3 is 0 Å². The van der Waals surface area contributed by atoms with E-state index in [4.69, 9.17) is 23.2 Å². The first-order chi connectivity index (χ1) is 13.9. The van der Waals surface area contributed by atoms with Crippen LogP contribution >= 0.6 is 23.2 Å². The van der Waals surface area contributed by atoms with Gasteiger partial charge in [-0.25, -0.2) is 4.99 Å². The van der Waals surface area contributed by atoms with E-state index in [-0.39, 0.29) is 5.91 Å². The highest BCUT2D eigenvalue weighted by Gasteiger charge is 2.34. The molecule has 0 spiro atoms. The summed E-state index contributed by atoms with van der Waals surface area (Å²) in [5.41, 5.74) is 4.74. The Morgan fingerprint density at radius 1 is 0.931 bits per heavy atom. The van der Waals surface area contributed by atoms with Crippen molar-refractivity contribution >= 4 is 46.7 Å². The minimum Gasteiger partial charge on any atom is -0.266 e. The summed E-state index contributed by atoms with van der Waals surface area (Å²) in [6, 6.07) is 20.9. The van der Waals surface area contributed by atoms with Gasteiger partial charge in [0.05, 0.1) is 10.7 Å². The van der Waals surface area contributed by atoms with Gasteiger partial charge in [0, 0.05) is 10.6 Å². The van der Waals surface area contributed by atoms with Crippen molar-refractivity contribution in [2.75, 3.05) is 4.90 Å². The van der Waals surface area contributed by atoms with Crippen molar-refractivity contribution in [3.05, 3.63) is 105 Å². The summed E-state index contributed by atoms with van der Waals surface area (Å²) in [5, 5.41) is 0.974. The first kappa shape index (κ1) is 19.4. The highest BCUT2D eigenvalue weighted by Crippen LogP contribution is 2.33. The third-order valence-electron chi connectivity index (χ3n) is 4.74. The van der Waals surface area contributed by atoms with Gasteiger partial charge in [-0.2, -0.15) is 0 Å². The first-order valence-electron chi connectivity index (χ1n) is 9.16. The number of aryl methyl sites for hydroxylation is 2. The SMILES string of the molecule is Cc1ccc(C)c(N2C(=O)/C(=C\c3ccccc3)N=C2c2ccc(Cl)cc2Cl)c1. The average molecular weight is 421 g/mol. The molecule has 0 bridgehead atoms. The number of anilines is 1. The van der Waals surface area contributed by atoms with Crippen molar-refractivity contribution in [2.24, 2.45) is 4.99 Å². The van der Waals surface area contributed by atoms with Crippen LogP contribution in [0.25, 0.3) is 6.08 Å². The highest BCUT2D eigenvalue weighted by molar-refractivity contribution is 6.41. The number of carbonyl (C=O) groups excluding carboxylic acids is 1. The molecule has 3 aromatic carbocycles. The normalized spacial score (nSPS) is 15.2. The van der Waals surface area contributed by atoms with Crippen LogP contribution in [0.3, 0.4) is 0 Å². The number of hydrogen-bond donors (Lipinski definition) is 0. The maximum atomic E-state index is 13.4. The van der Waals surface area contributed by atoms with Gasteiger partial charge in [0.25, 0.3) is 5.91 Å². The van der Waals surface area contributed by atoms with Crippen LogP contribution in [0.15, 0.2) is 77.4 Å². The van der Waals surface area contributed by atoms with Gasteiger partial charge in [-0.3, -0.25) is 9.69 Å². The molecule has 4 rings (SSSR count). The number of rotatable bonds is 3. The Morgan fingerprint density at radius 3 is 2.41 bits per heavy atom. The molecule has 0 aliphatic carbocycles. The van der Waals surface area contributed by atoms with Crippen LogP contribution in [-0.4, -0.2) is 11.7 Å². The Bertz CT molecular complexity index is 1170. The molecule has 3 nitrogen and oxygen atoms in total. The van der Waals surface area contributed by atoms with E-state index in [1.807, 2.05) is 62.4 Å². The first-order valence-corrected chi connectivity index (χ1v) is 9.92. The van der Waals surface area contributed by atoms with E-state index in [9.17, 15) is 4.79 Å². The predicted octanol–water partition coefficient (Wildman–Crippen LogP) is 6.44. The van der Waals surface area contributed by atoms with E-state index < -0.39 is 0 Å². The molecule has 0 unspecified atom stereocenters. The van der Waals surface area contributed by atoms with Gasteiger partial charge in [0.2, 0.25) is 0 Å². The van der Waals surface area contributed by atoms with Crippen LogP contribution in [0.5, 0.6) is 0 Å². The molecule has 29 heavy (non-hydrogen) atoms. The van der Waals surface area contributed by atoms with E-state index >= 15 is 0 Å². The fraction of sp³-hybridized carbons (Fsp3) is 0.0833. The van der Waals surface area contributed by atoms with E-state index in [1.54, 1.807) is 29.2 Å². The molecule has 0 fully saturated rings. The van der Waals surface area contributed by atoms with Gasteiger partial charge in [-0.15, -0.1) is 0 Å². The average Bonchev–Trinajstić information content (AvgIpc) is 3.00. The van der Waals surface area contributed by atoms with Gasteiger partial charge in [-0.05, 0) is 60.9 Å². The molecule has 0 saturated carbocycles. The molecular formula is C24H18Cl2N2O. The molecule has 0 N–H and O–H groups in total. The Morgan fingerprint density at radius 2 is 1.69 bits per heavy atom. The quantitative estimate of drug-likeness (QED) is 0.448. The number of benzene rings is 3. The second-order valence-electron chi connectivity index (χ2n) is 6.93. The molecule has 0 atom stereocenters. The van der Waals surface area contributed by atoms with E-state index in [2.05, 4.69) is 4.99 Å². The Kier molecular flexibility index (Phi) is 5.27. The lowest BCUT2D eigenvalue weighted by Gasteiger charge is -2.21. The summed E-state index contributed by atoms with van der Waals surface area (Å²) in [7, 11) is 0. The standard InChI is InChI=1S/C24H18Cl2N2O/c1-15-8-9-16(2)22(12-15)28-23(19-11-10-18(25)14-20(19)26)27-21(24(28)29)13-17-6-4-3-5-7-17/h3-14H,1-2H3/b21-13+. The lowest BCUT2D eigenvalue weighted by molar-refractivity contribution is -0.113. The molecule has 5 heteroatoms. The Balaban J connectivity index is 1.90. The maximum Gasteiger partial charge on any atom is 0.282 e. The smallest absolute Gasteiger partial charge is 0.266 e. The predicted molar refractivity (Wildman–Crippen MR) is 121 cm³/mol. The van der Waals surface area contributed by atoms with Crippen molar-refractivity contribution in [1.29, 1.82) is 0 Å². The molecule has 0 radical (unpaired) electrons. The molecule has 1 aliphatic rings. The van der Waals surface area contributed by atoms with Crippen LogP contribution in [0, 0.1) is 13.8 Å². The zero-order valence-electron chi connectivity index (χ0n) is 16.0. The molecule has 1 heterocycles. The fourth-order valence-electron chi connectivity index (χ4n) is 3.26. The fourth-order valence-corrected chi connectivity index (χ4v) is 3.75. The largest absolute Gasteiger partial charge is 0.282 e. The summed E-state index contributed by atoms with van der Waals surface area (Å²) < 4.78 is 0. The number of carbonyl (C=O) groups is 1. The van der Waals surface area contributed by atoms with E-state index in [0.29, 0.717) is 27.1 Å². The highest BCUT2D eigenvalue weighted by atomic mass is 35.5. The van der Waals surface area contributed by atoms with E-state index in [0.717, 1.165) is 22.4 Å². The van der Waals surface area contributed by atoms with Crippen molar-refractivity contribution in [1.82, 2.24) is 0 Å². The minimum absolute atomic E-state index is 0.191. The van der Waals surface area contributed by atoms with Gasteiger partial charge >= 0.3 is 0 Å². The van der Waals surface area contributed by atoms with Crippen LogP contribution in [0.2, 0.25) is 10.0 Å². The second kappa shape index (κ2) is 7.86. The van der Waals surface area contributed by atoms with Gasteiger partial charge in [0.1, 0.15) is 11.5 Å². The molecule has 1 amide bonds. The molecule has 1 aliphatic heterocycles. The van der Waals surface area contributed by atoms with Crippen molar-refractivity contribution in [3.8, 4) is 0 Å². The number of hydrogen-bond acceptors (Lipinski definition) is 2. The monoisotopic (exact) mass is 420 g/mol. The summed E-state index contributed by atoms with van der Waals surface area (Å²) in [5.74, 6) is 0.302. The van der Waals surface area contributed by atoms with E-state index in [1.165, 1.54) is 0 Å². The molecule has 0 aromatic heterocycles. The van der Waals surface area contributed by atoms with Crippen LogP contribution in [-0.2, 0) is 4.79 Å². The Labute approximate surface area is 179 Å².